The van der Waals surface area contributed by atoms with Gasteiger partial charge in [-0.15, -0.1) is 0 Å². The van der Waals surface area contributed by atoms with Gasteiger partial charge in [0.05, 0.1) is 23.2 Å². The Labute approximate surface area is 199 Å². The van der Waals surface area contributed by atoms with E-state index in [1.165, 1.54) is 24.3 Å². The SMILES string of the molecule is Cc1c(C(CO)NC(=O)OC(C)(C)C)cc(-c2ccc(S(C)(=O)=O)cc2)n1-c1ccc(F)cc1. The topological polar surface area (TPSA) is 97.6 Å². The number of aromatic nitrogens is 1. The van der Waals surface area contributed by atoms with Gasteiger partial charge in [-0.25, -0.2) is 17.6 Å². The van der Waals surface area contributed by atoms with Crippen LogP contribution >= 0.6 is 0 Å². The second kappa shape index (κ2) is 9.60. The first kappa shape index (κ1) is 25.5. The van der Waals surface area contributed by atoms with Gasteiger partial charge in [0.1, 0.15) is 11.4 Å². The van der Waals surface area contributed by atoms with E-state index in [9.17, 15) is 22.7 Å². The van der Waals surface area contributed by atoms with Crippen LogP contribution in [0.2, 0.25) is 0 Å². The normalized spacial score (nSPS) is 12.9. The number of hydrogen-bond acceptors (Lipinski definition) is 5. The molecule has 0 saturated carbocycles. The maximum absolute atomic E-state index is 13.6. The van der Waals surface area contributed by atoms with Crippen LogP contribution in [-0.2, 0) is 14.6 Å². The molecule has 1 amide bonds. The highest BCUT2D eigenvalue weighted by Gasteiger charge is 2.25. The van der Waals surface area contributed by atoms with Gasteiger partial charge in [0, 0.05) is 17.6 Å². The average Bonchev–Trinajstić information content (AvgIpc) is 3.08. The first-order chi connectivity index (χ1) is 15.8. The minimum Gasteiger partial charge on any atom is -0.444 e. The molecule has 0 aliphatic carbocycles. The predicted molar refractivity (Wildman–Crippen MR) is 128 cm³/mol. The molecular weight excluding hydrogens is 459 g/mol. The van der Waals surface area contributed by atoms with E-state index in [0.29, 0.717) is 28.2 Å². The lowest BCUT2D eigenvalue weighted by atomic mass is 10.1. The number of carbonyl (C=O) groups is 1. The van der Waals surface area contributed by atoms with Gasteiger partial charge in [0.15, 0.2) is 9.84 Å². The number of hydrogen-bond donors (Lipinski definition) is 2. The molecule has 1 heterocycles. The predicted octanol–water partition coefficient (Wildman–Crippen LogP) is 4.55. The molecule has 3 rings (SSSR count). The van der Waals surface area contributed by atoms with Gasteiger partial charge in [-0.3, -0.25) is 0 Å². The van der Waals surface area contributed by atoms with Crippen LogP contribution in [0.5, 0.6) is 0 Å². The third kappa shape index (κ3) is 5.84. The highest BCUT2D eigenvalue weighted by atomic mass is 32.2. The Balaban J connectivity index is 2.12. The fourth-order valence-electron chi connectivity index (χ4n) is 3.66. The molecule has 0 bridgehead atoms. The second-order valence-electron chi connectivity index (χ2n) is 9.06. The van der Waals surface area contributed by atoms with E-state index >= 15 is 0 Å². The number of nitrogens with one attached hydrogen (secondary N) is 1. The molecule has 2 aromatic carbocycles. The Morgan fingerprint density at radius 1 is 1.12 bits per heavy atom. The van der Waals surface area contributed by atoms with E-state index < -0.39 is 27.6 Å². The first-order valence-electron chi connectivity index (χ1n) is 10.7. The van der Waals surface area contributed by atoms with Crippen molar-refractivity contribution in [1.82, 2.24) is 9.88 Å². The van der Waals surface area contributed by atoms with Crippen molar-refractivity contribution in [2.24, 2.45) is 0 Å². The quantitative estimate of drug-likeness (QED) is 0.530. The summed E-state index contributed by atoms with van der Waals surface area (Å²) in [5.74, 6) is -0.382. The number of amides is 1. The Hall–Kier alpha value is -3.17. The number of benzene rings is 2. The van der Waals surface area contributed by atoms with Crippen molar-refractivity contribution in [2.75, 3.05) is 12.9 Å². The van der Waals surface area contributed by atoms with Gasteiger partial charge in [-0.2, -0.15) is 0 Å². The largest absolute Gasteiger partial charge is 0.444 e. The van der Waals surface area contributed by atoms with Crippen molar-refractivity contribution < 1.29 is 27.4 Å². The summed E-state index contributed by atoms with van der Waals surface area (Å²) in [6.45, 7) is 6.69. The highest BCUT2D eigenvalue weighted by molar-refractivity contribution is 7.90. The molecule has 0 radical (unpaired) electrons. The van der Waals surface area contributed by atoms with Gasteiger partial charge in [-0.05, 0) is 81.3 Å². The lowest BCUT2D eigenvalue weighted by Crippen LogP contribution is -2.36. The van der Waals surface area contributed by atoms with Crippen LogP contribution in [0.15, 0.2) is 59.5 Å². The molecule has 1 unspecified atom stereocenters. The third-order valence-corrected chi connectivity index (χ3v) is 6.33. The molecule has 182 valence electrons. The molecule has 2 N–H and O–H groups in total. The van der Waals surface area contributed by atoms with E-state index in [2.05, 4.69) is 5.32 Å². The molecule has 0 fully saturated rings. The number of aliphatic hydroxyl groups excluding tert-OH is 1. The maximum atomic E-state index is 13.6. The molecule has 34 heavy (non-hydrogen) atoms. The van der Waals surface area contributed by atoms with Crippen LogP contribution in [0.4, 0.5) is 9.18 Å². The Kier molecular flexibility index (Phi) is 7.18. The molecular formula is C25H29FN2O5S. The molecule has 0 aliphatic heterocycles. The van der Waals surface area contributed by atoms with Gasteiger partial charge >= 0.3 is 6.09 Å². The number of halogens is 1. The molecule has 9 heteroatoms. The van der Waals surface area contributed by atoms with E-state index in [0.717, 1.165) is 6.26 Å². The Morgan fingerprint density at radius 3 is 2.21 bits per heavy atom. The number of sulfone groups is 1. The molecule has 1 atom stereocenters. The van der Waals surface area contributed by atoms with Crippen molar-refractivity contribution >= 4 is 15.9 Å². The fraction of sp³-hybridized carbons (Fsp3) is 0.320. The minimum atomic E-state index is -3.36. The molecule has 3 aromatic rings. The number of rotatable bonds is 6. The molecule has 1 aromatic heterocycles. The van der Waals surface area contributed by atoms with Crippen LogP contribution in [0, 0.1) is 12.7 Å². The van der Waals surface area contributed by atoms with Crippen LogP contribution in [0.3, 0.4) is 0 Å². The lowest BCUT2D eigenvalue weighted by Gasteiger charge is -2.23. The van der Waals surface area contributed by atoms with Crippen molar-refractivity contribution in [1.29, 1.82) is 0 Å². The van der Waals surface area contributed by atoms with Crippen LogP contribution in [0.1, 0.15) is 38.1 Å². The van der Waals surface area contributed by atoms with Crippen molar-refractivity contribution in [3.63, 3.8) is 0 Å². The van der Waals surface area contributed by atoms with Gasteiger partial charge in [0.25, 0.3) is 0 Å². The smallest absolute Gasteiger partial charge is 0.408 e. The van der Waals surface area contributed by atoms with Crippen LogP contribution in [-0.4, -0.2) is 42.6 Å². The van der Waals surface area contributed by atoms with Gasteiger partial charge in [-0.1, -0.05) is 12.1 Å². The molecule has 0 spiro atoms. The number of aliphatic hydroxyl groups is 1. The monoisotopic (exact) mass is 488 g/mol. The van der Waals surface area contributed by atoms with E-state index in [4.69, 9.17) is 4.74 Å². The summed E-state index contributed by atoms with van der Waals surface area (Å²) in [6.07, 6.45) is 0.471. The average molecular weight is 489 g/mol. The molecule has 0 saturated heterocycles. The number of ether oxygens (including phenoxy) is 1. The third-order valence-electron chi connectivity index (χ3n) is 5.20. The zero-order chi connectivity index (χ0) is 25.3. The Morgan fingerprint density at radius 2 is 1.71 bits per heavy atom. The van der Waals surface area contributed by atoms with Crippen LogP contribution < -0.4 is 5.32 Å². The summed E-state index contributed by atoms with van der Waals surface area (Å²) in [5, 5.41) is 12.8. The first-order valence-corrected chi connectivity index (χ1v) is 12.6. The van der Waals surface area contributed by atoms with E-state index in [-0.39, 0.29) is 17.3 Å². The zero-order valence-corrected chi connectivity index (χ0v) is 20.6. The van der Waals surface area contributed by atoms with E-state index in [1.54, 1.807) is 45.0 Å². The second-order valence-corrected chi connectivity index (χ2v) is 11.1. The van der Waals surface area contributed by atoms with Crippen LogP contribution in [0.25, 0.3) is 16.9 Å². The Bertz CT molecular complexity index is 1270. The van der Waals surface area contributed by atoms with Gasteiger partial charge in [0.2, 0.25) is 0 Å². The minimum absolute atomic E-state index is 0.188. The van der Waals surface area contributed by atoms with Gasteiger partial charge < -0.3 is 19.7 Å². The summed E-state index contributed by atoms with van der Waals surface area (Å²) in [7, 11) is -3.36. The lowest BCUT2D eigenvalue weighted by molar-refractivity contribution is 0.0481. The number of alkyl carbamates (subject to hydrolysis) is 1. The number of nitrogens with zero attached hydrogens (tertiary/aromatic N) is 1. The summed E-state index contributed by atoms with van der Waals surface area (Å²) < 4.78 is 44.5. The standard InChI is InChI=1S/C25H29FN2O5S/c1-16-21(22(15-29)27-24(30)33-25(2,3)4)14-23(28(16)19-10-8-18(26)9-11-19)17-6-12-20(13-7-17)34(5,31)32/h6-14,22,29H,15H2,1-5H3,(H,27,30). The zero-order valence-electron chi connectivity index (χ0n) is 19.8. The summed E-state index contributed by atoms with van der Waals surface area (Å²) >= 11 is 0. The summed E-state index contributed by atoms with van der Waals surface area (Å²) in [6, 6.07) is 13.4. The molecule has 0 aliphatic rings. The maximum Gasteiger partial charge on any atom is 0.408 e. The summed E-state index contributed by atoms with van der Waals surface area (Å²) in [4.78, 5) is 12.6. The van der Waals surface area contributed by atoms with E-state index in [1.807, 2.05) is 17.6 Å². The molecule has 7 nitrogen and oxygen atoms in total. The van der Waals surface area contributed by atoms with Crippen molar-refractivity contribution in [2.45, 2.75) is 44.2 Å². The van der Waals surface area contributed by atoms with Crippen molar-refractivity contribution in [3.05, 3.63) is 71.7 Å². The number of carbonyl (C=O) groups excluding carboxylic acids is 1. The highest BCUT2D eigenvalue weighted by Crippen LogP contribution is 2.33. The fourth-order valence-corrected chi connectivity index (χ4v) is 4.29. The summed E-state index contributed by atoms with van der Waals surface area (Å²) in [5.41, 5.74) is 2.71. The van der Waals surface area contributed by atoms with Crippen molar-refractivity contribution in [3.8, 4) is 16.9 Å².